The summed E-state index contributed by atoms with van der Waals surface area (Å²) in [5.41, 5.74) is 2.11. The van der Waals surface area contributed by atoms with E-state index in [-0.39, 0.29) is 23.5 Å². The van der Waals surface area contributed by atoms with E-state index in [9.17, 15) is 9.59 Å². The molecule has 0 bridgehead atoms. The van der Waals surface area contributed by atoms with E-state index in [1.807, 2.05) is 20.9 Å². The van der Waals surface area contributed by atoms with Gasteiger partial charge in [-0.1, -0.05) is 11.8 Å². The summed E-state index contributed by atoms with van der Waals surface area (Å²) in [4.78, 5) is 24.2. The number of nitrogens with zero attached hydrogens (tertiary/aromatic N) is 4. The predicted octanol–water partition coefficient (Wildman–Crippen LogP) is 0.832. The maximum absolute atomic E-state index is 12.2. The third-order valence-corrected chi connectivity index (χ3v) is 5.22. The van der Waals surface area contributed by atoms with Gasteiger partial charge in [0.1, 0.15) is 0 Å². The van der Waals surface area contributed by atoms with Crippen molar-refractivity contribution in [3.05, 3.63) is 21.9 Å². The van der Waals surface area contributed by atoms with Crippen LogP contribution >= 0.6 is 11.8 Å². The van der Waals surface area contributed by atoms with Gasteiger partial charge in [-0.25, -0.2) is 9.89 Å². The Morgan fingerprint density at radius 3 is 2.92 bits per heavy atom. The van der Waals surface area contributed by atoms with Crippen molar-refractivity contribution in [3.8, 4) is 0 Å². The number of rotatable bonds is 6. The van der Waals surface area contributed by atoms with Crippen molar-refractivity contribution >= 4 is 23.4 Å². The fourth-order valence-electron chi connectivity index (χ4n) is 2.83. The molecular weight excluding hydrogens is 344 g/mol. The Bertz CT molecular complexity index is 818. The molecule has 1 atom stereocenters. The van der Waals surface area contributed by atoms with E-state index < -0.39 is 0 Å². The molecule has 25 heavy (non-hydrogen) atoms. The molecular formula is C15H22N6O3S. The number of H-pyrrole nitrogens is 1. The van der Waals surface area contributed by atoms with Crippen LogP contribution in [0.1, 0.15) is 24.2 Å². The second-order valence-electron chi connectivity index (χ2n) is 6.06. The van der Waals surface area contributed by atoms with E-state index in [4.69, 9.17) is 4.74 Å². The van der Waals surface area contributed by atoms with E-state index in [0.29, 0.717) is 11.7 Å². The van der Waals surface area contributed by atoms with E-state index >= 15 is 0 Å². The Balaban J connectivity index is 1.61. The summed E-state index contributed by atoms with van der Waals surface area (Å²) in [6, 6.07) is 0. The van der Waals surface area contributed by atoms with Crippen LogP contribution in [0.4, 0.5) is 5.69 Å². The Morgan fingerprint density at radius 1 is 1.48 bits per heavy atom. The first kappa shape index (κ1) is 17.7. The molecule has 9 nitrogen and oxygen atoms in total. The Hall–Kier alpha value is -2.07. The lowest BCUT2D eigenvalue weighted by atomic mass is 10.2. The highest BCUT2D eigenvalue weighted by Gasteiger charge is 2.20. The van der Waals surface area contributed by atoms with Gasteiger partial charge in [-0.15, -0.1) is 5.10 Å². The van der Waals surface area contributed by atoms with Crippen LogP contribution in [0.3, 0.4) is 0 Å². The third kappa shape index (κ3) is 3.96. The average Bonchev–Trinajstić information content (AvgIpc) is 3.26. The highest BCUT2D eigenvalue weighted by atomic mass is 32.2. The minimum Gasteiger partial charge on any atom is -0.376 e. The number of carbonyl (C=O) groups is 1. The number of anilines is 1. The number of hydrogen-bond donors (Lipinski definition) is 2. The third-order valence-electron chi connectivity index (χ3n) is 4.24. The van der Waals surface area contributed by atoms with Crippen molar-refractivity contribution in [3.63, 3.8) is 0 Å². The summed E-state index contributed by atoms with van der Waals surface area (Å²) >= 11 is 1.22. The maximum Gasteiger partial charge on any atom is 0.344 e. The quantitative estimate of drug-likeness (QED) is 0.734. The molecule has 1 fully saturated rings. The van der Waals surface area contributed by atoms with Crippen LogP contribution in [0.15, 0.2) is 9.95 Å². The summed E-state index contributed by atoms with van der Waals surface area (Å²) < 4.78 is 8.83. The molecule has 0 aromatic carbocycles. The summed E-state index contributed by atoms with van der Waals surface area (Å²) in [5, 5.41) is 14.1. The molecule has 1 aliphatic rings. The second kappa shape index (κ2) is 7.44. The molecule has 0 spiro atoms. The van der Waals surface area contributed by atoms with Crippen LogP contribution in [0.25, 0.3) is 0 Å². The zero-order valence-corrected chi connectivity index (χ0v) is 15.4. The van der Waals surface area contributed by atoms with Crippen LogP contribution in [0.2, 0.25) is 0 Å². The first-order valence-corrected chi connectivity index (χ1v) is 9.14. The summed E-state index contributed by atoms with van der Waals surface area (Å²) in [7, 11) is 1.83. The molecule has 0 saturated carbocycles. The van der Waals surface area contributed by atoms with Crippen molar-refractivity contribution in [2.45, 2.75) is 44.5 Å². The molecule has 0 unspecified atom stereocenters. The van der Waals surface area contributed by atoms with Crippen LogP contribution < -0.4 is 11.0 Å². The number of thioether (sulfide) groups is 1. The molecule has 0 aliphatic carbocycles. The smallest absolute Gasteiger partial charge is 0.344 e. The minimum atomic E-state index is -0.280. The second-order valence-corrected chi connectivity index (χ2v) is 7.01. The maximum atomic E-state index is 12.2. The van der Waals surface area contributed by atoms with Gasteiger partial charge in [0.2, 0.25) is 5.91 Å². The van der Waals surface area contributed by atoms with Crippen molar-refractivity contribution < 1.29 is 9.53 Å². The van der Waals surface area contributed by atoms with Gasteiger partial charge < -0.3 is 10.1 Å². The van der Waals surface area contributed by atoms with Gasteiger partial charge in [-0.05, 0) is 26.7 Å². The summed E-state index contributed by atoms with van der Waals surface area (Å²) in [6.07, 6.45) is 1.97. The largest absolute Gasteiger partial charge is 0.376 e. The van der Waals surface area contributed by atoms with Crippen LogP contribution in [-0.2, 0) is 23.1 Å². The van der Waals surface area contributed by atoms with Crippen LogP contribution in [0, 0.1) is 13.8 Å². The molecule has 3 rings (SSSR count). The van der Waals surface area contributed by atoms with E-state index in [1.165, 1.54) is 16.3 Å². The molecule has 10 heteroatoms. The highest BCUT2D eigenvalue weighted by molar-refractivity contribution is 7.99. The molecule has 2 aromatic rings. The van der Waals surface area contributed by atoms with Crippen molar-refractivity contribution in [1.29, 1.82) is 0 Å². The molecule has 2 N–H and O–H groups in total. The molecule has 136 valence electrons. The number of carbonyl (C=O) groups excluding carboxylic acids is 1. The number of amides is 1. The molecule has 0 radical (unpaired) electrons. The molecule has 1 amide bonds. The first-order valence-electron chi connectivity index (χ1n) is 8.15. The zero-order valence-electron chi connectivity index (χ0n) is 14.5. The zero-order chi connectivity index (χ0) is 18.0. The van der Waals surface area contributed by atoms with Crippen molar-refractivity contribution in [2.75, 3.05) is 17.7 Å². The molecule has 1 aliphatic heterocycles. The average molecular weight is 366 g/mol. The number of aryl methyl sites for hydroxylation is 2. The minimum absolute atomic E-state index is 0.0316. The Morgan fingerprint density at radius 2 is 2.28 bits per heavy atom. The number of aromatic nitrogens is 5. The fourth-order valence-corrected chi connectivity index (χ4v) is 3.58. The lowest BCUT2D eigenvalue weighted by Gasteiger charge is -2.11. The predicted molar refractivity (Wildman–Crippen MR) is 93.9 cm³/mol. The van der Waals surface area contributed by atoms with Gasteiger partial charge in [-0.2, -0.15) is 5.10 Å². The van der Waals surface area contributed by atoms with E-state index in [2.05, 4.69) is 20.6 Å². The number of ether oxygens (including phenoxy) is 1. The van der Waals surface area contributed by atoms with Gasteiger partial charge in [0.05, 0.1) is 35.5 Å². The highest BCUT2D eigenvalue weighted by Crippen LogP contribution is 2.21. The topological polar surface area (TPSA) is 107 Å². The van der Waals surface area contributed by atoms with Crippen LogP contribution in [-0.4, -0.2) is 48.9 Å². The van der Waals surface area contributed by atoms with Gasteiger partial charge in [0.25, 0.3) is 0 Å². The van der Waals surface area contributed by atoms with Gasteiger partial charge in [0.15, 0.2) is 5.16 Å². The Labute approximate surface area is 149 Å². The molecule has 3 heterocycles. The van der Waals surface area contributed by atoms with Crippen LogP contribution in [0.5, 0.6) is 0 Å². The standard InChI is InChI=1S/C15H22N6O3S/c1-9-13(10(2)20(3)19-9)16-12(22)8-25-15-18-17-14(23)21(15)7-11-5-4-6-24-11/h11H,4-8H2,1-3H3,(H,16,22)(H,17,23)/t11-/m0/s1. The van der Waals surface area contributed by atoms with Gasteiger partial charge >= 0.3 is 5.69 Å². The van der Waals surface area contributed by atoms with Gasteiger partial charge in [0, 0.05) is 13.7 Å². The SMILES string of the molecule is Cc1nn(C)c(C)c1NC(=O)CSc1n[nH]c(=O)n1C[C@@H]1CCCO1. The molecule has 1 saturated heterocycles. The van der Waals surface area contributed by atoms with E-state index in [1.54, 1.807) is 4.68 Å². The number of hydrogen-bond acceptors (Lipinski definition) is 6. The lowest BCUT2D eigenvalue weighted by Crippen LogP contribution is -2.25. The number of nitrogens with one attached hydrogen (secondary N) is 2. The first-order chi connectivity index (χ1) is 12.0. The summed E-state index contributed by atoms with van der Waals surface area (Å²) in [5.74, 6) is -0.00726. The van der Waals surface area contributed by atoms with E-state index in [0.717, 1.165) is 36.5 Å². The normalized spacial score (nSPS) is 17.2. The van der Waals surface area contributed by atoms with Crippen molar-refractivity contribution in [2.24, 2.45) is 7.05 Å². The number of aromatic amines is 1. The summed E-state index contributed by atoms with van der Waals surface area (Å²) in [6.45, 7) is 4.94. The fraction of sp³-hybridized carbons (Fsp3) is 0.600. The van der Waals surface area contributed by atoms with Crippen molar-refractivity contribution in [1.82, 2.24) is 24.5 Å². The Kier molecular flexibility index (Phi) is 5.28. The molecule has 2 aromatic heterocycles. The monoisotopic (exact) mass is 366 g/mol. The van der Waals surface area contributed by atoms with Gasteiger partial charge in [-0.3, -0.25) is 14.0 Å². The lowest BCUT2D eigenvalue weighted by molar-refractivity contribution is -0.113.